The molecule has 0 amide bonds. The van der Waals surface area contributed by atoms with Crippen molar-refractivity contribution in [2.75, 3.05) is 20.0 Å². The van der Waals surface area contributed by atoms with E-state index in [9.17, 15) is 10.2 Å². The molecule has 1 saturated heterocycles. The van der Waals surface area contributed by atoms with Crippen LogP contribution in [0.15, 0.2) is 0 Å². The summed E-state index contributed by atoms with van der Waals surface area (Å²) in [6.45, 7) is 16.1. The number of aliphatic hydroxyl groups is 2. The maximum atomic E-state index is 10.5. The Kier molecular flexibility index (Phi) is 7.91. The Bertz CT molecular complexity index is 377. The largest absolute Gasteiger partial charge is 0.396 e. The van der Waals surface area contributed by atoms with Gasteiger partial charge in [-0.1, -0.05) is 47.3 Å². The minimum Gasteiger partial charge on any atom is -0.396 e. The lowest BCUT2D eigenvalue weighted by molar-refractivity contribution is -0.298. The molecule has 0 aromatic carbocycles. The minimum absolute atomic E-state index is 0.00650. The molecular weight excluding hydrogens is 324 g/mol. The van der Waals surface area contributed by atoms with Crippen molar-refractivity contribution in [2.24, 2.45) is 10.8 Å². The summed E-state index contributed by atoms with van der Waals surface area (Å²) in [6.07, 6.45) is -0.121. The molecule has 1 fully saturated rings. The first-order valence-electron chi connectivity index (χ1n) is 9.04. The molecule has 2 N–H and O–H groups in total. The zero-order valence-corrected chi connectivity index (χ0v) is 17.6. The number of hydrogen-bond donors (Lipinski definition) is 2. The summed E-state index contributed by atoms with van der Waals surface area (Å²) in [5.41, 5.74) is -0.708. The quantitative estimate of drug-likeness (QED) is 0.394. The topological polar surface area (TPSA) is 68.2 Å². The zero-order valence-electron chi connectivity index (χ0n) is 16.6. The predicted octanol–water partition coefficient (Wildman–Crippen LogP) is 3.23. The van der Waals surface area contributed by atoms with Crippen LogP contribution < -0.4 is 0 Å². The summed E-state index contributed by atoms with van der Waals surface area (Å²) in [4.78, 5) is 0. The van der Waals surface area contributed by atoms with E-state index < -0.39 is 19.8 Å². The molecule has 0 aromatic heterocycles. The molecule has 1 rings (SSSR count). The van der Waals surface area contributed by atoms with Crippen LogP contribution in [0.5, 0.6) is 0 Å². The molecule has 0 radical (unpaired) electrons. The number of rotatable bonds is 8. The Morgan fingerprint density at radius 1 is 1.25 bits per heavy atom. The van der Waals surface area contributed by atoms with Gasteiger partial charge in [-0.05, 0) is 17.9 Å². The third kappa shape index (κ3) is 6.39. The van der Waals surface area contributed by atoms with Gasteiger partial charge < -0.3 is 24.4 Å². The van der Waals surface area contributed by atoms with Crippen molar-refractivity contribution in [2.45, 2.75) is 84.7 Å². The summed E-state index contributed by atoms with van der Waals surface area (Å²) in [5, 5.41) is 19.9. The molecule has 144 valence electrons. The lowest BCUT2D eigenvalue weighted by atomic mass is 9.72. The molecule has 6 heteroatoms. The first-order chi connectivity index (χ1) is 10.9. The fourth-order valence-electron chi connectivity index (χ4n) is 2.90. The Hall–Kier alpha value is 0.0169. The second kappa shape index (κ2) is 8.60. The van der Waals surface area contributed by atoms with Crippen LogP contribution in [-0.2, 0) is 14.2 Å². The van der Waals surface area contributed by atoms with Crippen LogP contribution in [0.3, 0.4) is 0 Å². The molecule has 4 atom stereocenters. The second-order valence-electron chi connectivity index (χ2n) is 9.55. The standard InChI is InChI=1S/C18H38O5Si/c1-17(2,3)14-12-15(18(4,8-9-19)16(20)23-14)22-13-21-10-11-24(5,6)7/h14-16,19-20H,8-13H2,1-7H3. The first kappa shape index (κ1) is 22.1. The van der Waals surface area contributed by atoms with Gasteiger partial charge in [0.1, 0.15) is 6.79 Å². The average Bonchev–Trinajstić information content (AvgIpc) is 2.41. The van der Waals surface area contributed by atoms with Gasteiger partial charge in [-0.2, -0.15) is 0 Å². The summed E-state index contributed by atoms with van der Waals surface area (Å²) < 4.78 is 17.5. The SMILES string of the molecule is CC(C)(C)C1CC(OCOCC[Si](C)(C)C)C(C)(CCO)C(O)O1. The van der Waals surface area contributed by atoms with Gasteiger partial charge in [0.15, 0.2) is 6.29 Å². The van der Waals surface area contributed by atoms with Gasteiger partial charge in [-0.15, -0.1) is 0 Å². The van der Waals surface area contributed by atoms with Crippen molar-refractivity contribution in [3.8, 4) is 0 Å². The predicted molar refractivity (Wildman–Crippen MR) is 98.6 cm³/mol. The highest BCUT2D eigenvalue weighted by Gasteiger charge is 2.50. The van der Waals surface area contributed by atoms with E-state index in [1.165, 1.54) is 0 Å². The lowest BCUT2D eigenvalue weighted by Crippen LogP contribution is -2.56. The monoisotopic (exact) mass is 362 g/mol. The van der Waals surface area contributed by atoms with E-state index in [4.69, 9.17) is 14.2 Å². The Morgan fingerprint density at radius 2 is 1.88 bits per heavy atom. The molecule has 1 aliphatic rings. The van der Waals surface area contributed by atoms with Crippen LogP contribution in [0.25, 0.3) is 0 Å². The minimum atomic E-state index is -1.11. The highest BCUT2D eigenvalue weighted by atomic mass is 28.3. The van der Waals surface area contributed by atoms with Crippen LogP contribution >= 0.6 is 0 Å². The van der Waals surface area contributed by atoms with E-state index in [0.29, 0.717) is 19.4 Å². The maximum Gasteiger partial charge on any atom is 0.162 e. The maximum absolute atomic E-state index is 10.5. The van der Waals surface area contributed by atoms with Gasteiger partial charge in [0.2, 0.25) is 0 Å². The second-order valence-corrected chi connectivity index (χ2v) is 15.2. The van der Waals surface area contributed by atoms with Gasteiger partial charge in [-0.3, -0.25) is 0 Å². The molecule has 4 unspecified atom stereocenters. The first-order valence-corrected chi connectivity index (χ1v) is 12.7. The van der Waals surface area contributed by atoms with Gasteiger partial charge >= 0.3 is 0 Å². The van der Waals surface area contributed by atoms with Crippen LogP contribution in [-0.4, -0.2) is 56.8 Å². The van der Waals surface area contributed by atoms with Crippen LogP contribution in [0, 0.1) is 10.8 Å². The fourth-order valence-corrected chi connectivity index (χ4v) is 3.65. The van der Waals surface area contributed by atoms with Crippen LogP contribution in [0.2, 0.25) is 25.7 Å². The zero-order chi connectivity index (χ0) is 18.6. The van der Waals surface area contributed by atoms with Crippen molar-refractivity contribution in [1.82, 2.24) is 0 Å². The molecule has 0 saturated carbocycles. The van der Waals surface area contributed by atoms with Crippen LogP contribution in [0.4, 0.5) is 0 Å². The molecule has 24 heavy (non-hydrogen) atoms. The summed E-state index contributed by atoms with van der Waals surface area (Å²) in [5.74, 6) is 0. The summed E-state index contributed by atoms with van der Waals surface area (Å²) in [6, 6.07) is 1.10. The Morgan fingerprint density at radius 3 is 2.38 bits per heavy atom. The van der Waals surface area contributed by atoms with Crippen molar-refractivity contribution in [1.29, 1.82) is 0 Å². The number of hydrogen-bond acceptors (Lipinski definition) is 5. The highest BCUT2D eigenvalue weighted by molar-refractivity contribution is 6.76. The van der Waals surface area contributed by atoms with Crippen LogP contribution in [0.1, 0.15) is 40.5 Å². The van der Waals surface area contributed by atoms with E-state index in [1.807, 2.05) is 6.92 Å². The summed E-state index contributed by atoms with van der Waals surface area (Å²) >= 11 is 0. The van der Waals surface area contributed by atoms with E-state index in [2.05, 4.69) is 40.4 Å². The molecule has 5 nitrogen and oxygen atoms in total. The molecule has 0 aromatic rings. The molecule has 0 bridgehead atoms. The normalized spacial score (nSPS) is 32.1. The van der Waals surface area contributed by atoms with Crippen molar-refractivity contribution >= 4 is 8.07 Å². The van der Waals surface area contributed by atoms with Gasteiger partial charge in [0, 0.05) is 33.1 Å². The Labute approximate surface area is 148 Å². The van der Waals surface area contributed by atoms with Gasteiger partial charge in [0.25, 0.3) is 0 Å². The third-order valence-corrected chi connectivity index (χ3v) is 6.69. The van der Waals surface area contributed by atoms with E-state index in [1.54, 1.807) is 0 Å². The molecule has 0 spiro atoms. The van der Waals surface area contributed by atoms with Crippen molar-refractivity contribution in [3.63, 3.8) is 0 Å². The smallest absolute Gasteiger partial charge is 0.162 e. The molecule has 1 aliphatic heterocycles. The Balaban J connectivity index is 2.66. The number of ether oxygens (including phenoxy) is 3. The third-order valence-electron chi connectivity index (χ3n) is 4.99. The summed E-state index contributed by atoms with van der Waals surface area (Å²) in [7, 11) is -1.11. The molecule has 0 aliphatic carbocycles. The van der Waals surface area contributed by atoms with E-state index in [-0.39, 0.29) is 31.0 Å². The van der Waals surface area contributed by atoms with Crippen molar-refractivity contribution in [3.05, 3.63) is 0 Å². The van der Waals surface area contributed by atoms with Crippen molar-refractivity contribution < 1.29 is 24.4 Å². The average molecular weight is 363 g/mol. The lowest BCUT2D eigenvalue weighted by Gasteiger charge is -2.49. The van der Waals surface area contributed by atoms with Gasteiger partial charge in [0.05, 0.1) is 12.2 Å². The fraction of sp³-hybridized carbons (Fsp3) is 1.00. The number of aliphatic hydroxyl groups excluding tert-OH is 2. The highest BCUT2D eigenvalue weighted by Crippen LogP contribution is 2.44. The van der Waals surface area contributed by atoms with E-state index >= 15 is 0 Å². The molecule has 1 heterocycles. The van der Waals surface area contributed by atoms with E-state index in [0.717, 1.165) is 6.04 Å². The van der Waals surface area contributed by atoms with Gasteiger partial charge in [-0.25, -0.2) is 0 Å². The molecular formula is C18H38O5Si.